The maximum Gasteiger partial charge on any atom is 0.331 e. The number of hydrogen-bond donors (Lipinski definition) is 3. The van der Waals surface area contributed by atoms with Crippen LogP contribution in [-0.2, 0) is 15.1 Å². The first-order valence-corrected chi connectivity index (χ1v) is 8.68. The lowest BCUT2D eigenvalue weighted by Gasteiger charge is -2.21. The van der Waals surface area contributed by atoms with Crippen molar-refractivity contribution < 1.29 is 23.9 Å². The van der Waals surface area contributed by atoms with E-state index in [2.05, 4.69) is 15.7 Å². The summed E-state index contributed by atoms with van der Waals surface area (Å²) in [4.78, 5) is 36.3. The number of aliphatic carboxylic acids is 1. The third-order valence-electron chi connectivity index (χ3n) is 4.29. The minimum absolute atomic E-state index is 0.227. The number of carboxylic acid groups (broad SMARTS) is 1. The van der Waals surface area contributed by atoms with Crippen LogP contribution in [0.15, 0.2) is 36.7 Å². The van der Waals surface area contributed by atoms with Crippen LogP contribution in [0.25, 0.3) is 0 Å². The third kappa shape index (κ3) is 4.73. The molecule has 8 nitrogen and oxygen atoms in total. The van der Waals surface area contributed by atoms with Crippen LogP contribution >= 0.6 is 0 Å². The van der Waals surface area contributed by atoms with Gasteiger partial charge in [-0.25, -0.2) is 9.18 Å². The number of carboxylic acids is 1. The smallest absolute Gasteiger partial charge is 0.331 e. The van der Waals surface area contributed by atoms with Crippen molar-refractivity contribution in [3.8, 4) is 0 Å². The summed E-state index contributed by atoms with van der Waals surface area (Å²) in [6, 6.07) is 4.14. The molecule has 0 aliphatic rings. The molecule has 0 aliphatic heterocycles. The Hall–Kier alpha value is -3.23. The minimum Gasteiger partial charge on any atom is -0.479 e. The van der Waals surface area contributed by atoms with Crippen LogP contribution in [0.2, 0.25) is 0 Å². The predicted octanol–water partition coefficient (Wildman–Crippen LogP) is 2.23. The van der Waals surface area contributed by atoms with Gasteiger partial charge in [0.1, 0.15) is 11.9 Å². The molecule has 0 bridgehead atoms. The van der Waals surface area contributed by atoms with Crippen molar-refractivity contribution >= 4 is 23.5 Å². The summed E-state index contributed by atoms with van der Waals surface area (Å²) < 4.78 is 14.2. The fourth-order valence-corrected chi connectivity index (χ4v) is 2.37. The van der Waals surface area contributed by atoms with Crippen molar-refractivity contribution in [1.29, 1.82) is 0 Å². The topological polar surface area (TPSA) is 113 Å². The molecule has 0 saturated carbocycles. The van der Waals surface area contributed by atoms with Gasteiger partial charge in [-0.15, -0.1) is 0 Å². The van der Waals surface area contributed by atoms with Crippen LogP contribution in [0.5, 0.6) is 0 Å². The molecule has 2 amide bonds. The average molecular weight is 390 g/mol. The molecule has 1 atom stereocenters. The number of amides is 2. The van der Waals surface area contributed by atoms with Gasteiger partial charge in [-0.05, 0) is 44.0 Å². The average Bonchev–Trinajstić information content (AvgIpc) is 3.08. The van der Waals surface area contributed by atoms with Gasteiger partial charge in [0.25, 0.3) is 5.91 Å². The summed E-state index contributed by atoms with van der Waals surface area (Å²) >= 11 is 0. The molecular formula is C19H23FN4O4. The van der Waals surface area contributed by atoms with E-state index in [-0.39, 0.29) is 11.5 Å². The van der Waals surface area contributed by atoms with Crippen LogP contribution in [0, 0.1) is 11.7 Å². The van der Waals surface area contributed by atoms with Gasteiger partial charge in [-0.3, -0.25) is 14.3 Å². The maximum atomic E-state index is 13.0. The molecule has 0 aliphatic carbocycles. The molecule has 1 aromatic carbocycles. The lowest BCUT2D eigenvalue weighted by Crippen LogP contribution is -2.47. The molecule has 0 spiro atoms. The molecule has 28 heavy (non-hydrogen) atoms. The molecule has 0 radical (unpaired) electrons. The zero-order valence-electron chi connectivity index (χ0n) is 16.1. The van der Waals surface area contributed by atoms with Gasteiger partial charge in [0, 0.05) is 11.8 Å². The highest BCUT2D eigenvalue weighted by molar-refractivity contribution is 6.01. The van der Waals surface area contributed by atoms with Crippen molar-refractivity contribution in [2.24, 2.45) is 5.92 Å². The number of nitrogens with zero attached hydrogens (tertiary/aromatic N) is 2. The number of carbonyl (C=O) groups is 3. The molecular weight excluding hydrogens is 367 g/mol. The molecule has 3 N–H and O–H groups in total. The van der Waals surface area contributed by atoms with E-state index in [0.29, 0.717) is 5.69 Å². The molecule has 0 saturated heterocycles. The van der Waals surface area contributed by atoms with E-state index in [1.165, 1.54) is 43.1 Å². The zero-order chi connectivity index (χ0) is 21.1. The molecule has 2 rings (SSSR count). The number of aromatic nitrogens is 2. The Morgan fingerprint density at radius 1 is 1.18 bits per heavy atom. The fraction of sp³-hybridized carbons (Fsp3) is 0.368. The molecule has 1 heterocycles. The van der Waals surface area contributed by atoms with Crippen molar-refractivity contribution in [1.82, 2.24) is 15.1 Å². The third-order valence-corrected chi connectivity index (χ3v) is 4.29. The number of hydrogen-bond acceptors (Lipinski definition) is 4. The second-order valence-electron chi connectivity index (χ2n) is 7.23. The highest BCUT2D eigenvalue weighted by atomic mass is 19.1. The second-order valence-corrected chi connectivity index (χ2v) is 7.23. The summed E-state index contributed by atoms with van der Waals surface area (Å²) in [6.07, 6.45) is 2.74. The SMILES string of the molecule is CC(C)C(NC(=O)c1ccc(F)cc1)C(=O)Nc1cnn(C(C)(C)C(=O)O)c1. The molecule has 0 fully saturated rings. The van der Waals surface area contributed by atoms with Gasteiger partial charge in [0.2, 0.25) is 5.91 Å². The number of anilines is 1. The summed E-state index contributed by atoms with van der Waals surface area (Å²) in [5.41, 5.74) is -0.742. The first kappa shape index (κ1) is 21.1. The number of nitrogens with one attached hydrogen (secondary N) is 2. The summed E-state index contributed by atoms with van der Waals surface area (Å²) in [5.74, 6) is -2.74. The Labute approximate surface area is 161 Å². The normalized spacial score (nSPS) is 12.5. The van der Waals surface area contributed by atoms with Gasteiger partial charge in [0.15, 0.2) is 5.54 Å². The van der Waals surface area contributed by atoms with Gasteiger partial charge in [-0.1, -0.05) is 13.8 Å². The van der Waals surface area contributed by atoms with E-state index >= 15 is 0 Å². The van der Waals surface area contributed by atoms with E-state index in [4.69, 9.17) is 0 Å². The maximum absolute atomic E-state index is 13.0. The first-order valence-electron chi connectivity index (χ1n) is 8.68. The number of benzene rings is 1. The number of halogens is 1. The number of rotatable bonds is 7. The van der Waals surface area contributed by atoms with E-state index in [0.717, 1.165) is 12.1 Å². The van der Waals surface area contributed by atoms with E-state index < -0.39 is 35.2 Å². The van der Waals surface area contributed by atoms with Crippen molar-refractivity contribution in [2.45, 2.75) is 39.3 Å². The van der Waals surface area contributed by atoms with Crippen molar-refractivity contribution in [3.05, 3.63) is 48.0 Å². The quantitative estimate of drug-likeness (QED) is 0.671. The Morgan fingerprint density at radius 2 is 1.79 bits per heavy atom. The minimum atomic E-state index is -1.28. The van der Waals surface area contributed by atoms with Gasteiger partial charge < -0.3 is 15.7 Å². The summed E-state index contributed by atoms with van der Waals surface area (Å²) in [5, 5.41) is 18.5. The molecule has 150 valence electrons. The number of carbonyl (C=O) groups excluding carboxylic acids is 2. The van der Waals surface area contributed by atoms with Crippen LogP contribution in [0.3, 0.4) is 0 Å². The fourth-order valence-electron chi connectivity index (χ4n) is 2.37. The lowest BCUT2D eigenvalue weighted by atomic mass is 10.0. The summed E-state index contributed by atoms with van der Waals surface area (Å²) in [6.45, 7) is 6.50. The summed E-state index contributed by atoms with van der Waals surface area (Å²) in [7, 11) is 0. The van der Waals surface area contributed by atoms with E-state index in [1.807, 2.05) is 0 Å². The van der Waals surface area contributed by atoms with Gasteiger partial charge >= 0.3 is 5.97 Å². The van der Waals surface area contributed by atoms with Crippen LogP contribution in [-0.4, -0.2) is 38.7 Å². The highest BCUT2D eigenvalue weighted by Gasteiger charge is 2.31. The van der Waals surface area contributed by atoms with Gasteiger partial charge in [-0.2, -0.15) is 5.10 Å². The highest BCUT2D eigenvalue weighted by Crippen LogP contribution is 2.18. The molecule has 9 heteroatoms. The predicted molar refractivity (Wildman–Crippen MR) is 100 cm³/mol. The van der Waals surface area contributed by atoms with E-state index in [9.17, 15) is 23.9 Å². The Kier molecular flexibility index (Phi) is 6.17. The van der Waals surface area contributed by atoms with Crippen molar-refractivity contribution in [3.63, 3.8) is 0 Å². The van der Waals surface area contributed by atoms with Crippen LogP contribution < -0.4 is 10.6 Å². The standard InChI is InChI=1S/C19H23FN4O4/c1-11(2)15(23-16(25)12-5-7-13(20)8-6-12)17(26)22-14-9-21-24(10-14)19(3,4)18(27)28/h5-11,15H,1-4H3,(H,22,26)(H,23,25)(H,27,28). The second kappa shape index (κ2) is 8.20. The molecule has 1 aromatic heterocycles. The Morgan fingerprint density at radius 3 is 2.32 bits per heavy atom. The van der Waals surface area contributed by atoms with Crippen LogP contribution in [0.4, 0.5) is 10.1 Å². The zero-order valence-corrected chi connectivity index (χ0v) is 16.1. The van der Waals surface area contributed by atoms with Crippen molar-refractivity contribution in [2.75, 3.05) is 5.32 Å². The molecule has 1 unspecified atom stereocenters. The first-order chi connectivity index (χ1) is 13.0. The van der Waals surface area contributed by atoms with E-state index in [1.54, 1.807) is 13.8 Å². The van der Waals surface area contributed by atoms with Crippen LogP contribution in [0.1, 0.15) is 38.1 Å². The molecule has 2 aromatic rings. The largest absolute Gasteiger partial charge is 0.479 e. The Balaban J connectivity index is 2.11. The lowest BCUT2D eigenvalue weighted by molar-refractivity contribution is -0.146. The Bertz CT molecular complexity index is 874. The monoisotopic (exact) mass is 390 g/mol. The van der Waals surface area contributed by atoms with Gasteiger partial charge in [0.05, 0.1) is 11.9 Å².